The molecule has 4 nitrogen and oxygen atoms in total. The lowest BCUT2D eigenvalue weighted by molar-refractivity contribution is -0.115. The van der Waals surface area contributed by atoms with Gasteiger partial charge in [-0.05, 0) is 48.1 Å². The first-order valence-corrected chi connectivity index (χ1v) is 8.41. The van der Waals surface area contributed by atoms with Gasteiger partial charge in [0.2, 0.25) is 0 Å². The van der Waals surface area contributed by atoms with Crippen molar-refractivity contribution in [3.05, 3.63) is 71.3 Å². The lowest BCUT2D eigenvalue weighted by atomic mass is 9.78. The Balaban J connectivity index is 1.73. The summed E-state index contributed by atoms with van der Waals surface area (Å²) in [6.45, 7) is 0. The summed E-state index contributed by atoms with van der Waals surface area (Å²) in [5.41, 5.74) is 2.98. The van der Waals surface area contributed by atoms with E-state index < -0.39 is 5.41 Å². The van der Waals surface area contributed by atoms with Crippen molar-refractivity contribution in [3.63, 3.8) is 0 Å². The minimum absolute atomic E-state index is 0.127. The number of rotatable bonds is 3. The van der Waals surface area contributed by atoms with Gasteiger partial charge < -0.3 is 10.4 Å². The first-order chi connectivity index (χ1) is 12.1. The fraction of sp³-hybridized carbons (Fsp3) is 0.238. The highest BCUT2D eigenvalue weighted by Crippen LogP contribution is 2.49. The van der Waals surface area contributed by atoms with Gasteiger partial charge in [0.1, 0.15) is 5.75 Å². The maximum Gasteiger partial charge on any atom is 0.252 e. The fourth-order valence-corrected chi connectivity index (χ4v) is 4.08. The standard InChI is InChI=1S/C21H18N2O2/c22-13-21(12-14-4-2-1-3-5-14)11-10-17-18(20(25)23-19(17)21)15-6-8-16(24)9-7-15/h1-9,19,24H,10-12H2,(H,23,25). The van der Waals surface area contributed by atoms with E-state index in [1.807, 2.05) is 30.3 Å². The van der Waals surface area contributed by atoms with Gasteiger partial charge in [-0.1, -0.05) is 42.5 Å². The van der Waals surface area contributed by atoms with Crippen LogP contribution in [0.4, 0.5) is 0 Å². The number of hydrogen-bond acceptors (Lipinski definition) is 3. The van der Waals surface area contributed by atoms with E-state index in [9.17, 15) is 15.2 Å². The van der Waals surface area contributed by atoms with Crippen molar-refractivity contribution >= 4 is 11.5 Å². The molecule has 2 aromatic rings. The predicted octanol–water partition coefficient (Wildman–Crippen LogP) is 3.19. The minimum atomic E-state index is -0.606. The van der Waals surface area contributed by atoms with Crippen molar-refractivity contribution in [2.75, 3.05) is 0 Å². The summed E-state index contributed by atoms with van der Waals surface area (Å²) in [6.07, 6.45) is 2.10. The van der Waals surface area contributed by atoms with Crippen LogP contribution in [0.5, 0.6) is 5.75 Å². The average Bonchev–Trinajstić information content (AvgIpc) is 3.14. The number of benzene rings is 2. The number of fused-ring (bicyclic) bond motifs is 1. The number of nitriles is 1. The third kappa shape index (κ3) is 2.49. The smallest absolute Gasteiger partial charge is 0.252 e. The van der Waals surface area contributed by atoms with Crippen LogP contribution in [0.25, 0.3) is 5.57 Å². The Morgan fingerprint density at radius 3 is 2.56 bits per heavy atom. The maximum atomic E-state index is 12.6. The van der Waals surface area contributed by atoms with Crippen LogP contribution in [0.3, 0.4) is 0 Å². The van der Waals surface area contributed by atoms with Crippen molar-refractivity contribution in [3.8, 4) is 11.8 Å². The number of nitrogens with one attached hydrogen (secondary N) is 1. The number of carbonyl (C=O) groups excluding carboxylic acids is 1. The number of phenolic OH excluding ortho intramolecular Hbond substituents is 1. The third-order valence-electron chi connectivity index (χ3n) is 5.31. The molecule has 1 aliphatic heterocycles. The molecule has 4 heteroatoms. The van der Waals surface area contributed by atoms with Crippen molar-refractivity contribution < 1.29 is 9.90 Å². The molecule has 0 saturated heterocycles. The zero-order valence-electron chi connectivity index (χ0n) is 13.7. The lowest BCUT2D eigenvalue weighted by Crippen LogP contribution is -2.41. The summed E-state index contributed by atoms with van der Waals surface area (Å²) in [5.74, 6) is 0.0456. The maximum absolute atomic E-state index is 12.6. The summed E-state index contributed by atoms with van der Waals surface area (Å²) in [7, 11) is 0. The molecule has 2 N–H and O–H groups in total. The molecular formula is C21H18N2O2. The summed E-state index contributed by atoms with van der Waals surface area (Å²) in [6, 6.07) is 18.9. The van der Waals surface area contributed by atoms with Gasteiger partial charge in [0.15, 0.2) is 0 Å². The Bertz CT molecular complexity index is 894. The van der Waals surface area contributed by atoms with Crippen LogP contribution in [0.15, 0.2) is 60.2 Å². The zero-order valence-corrected chi connectivity index (χ0v) is 13.7. The molecule has 1 saturated carbocycles. The molecule has 2 unspecified atom stereocenters. The molecular weight excluding hydrogens is 312 g/mol. The van der Waals surface area contributed by atoms with Crippen LogP contribution in [-0.2, 0) is 11.2 Å². The molecule has 25 heavy (non-hydrogen) atoms. The molecule has 2 aromatic carbocycles. The molecule has 0 bridgehead atoms. The number of nitrogens with zero attached hydrogens (tertiary/aromatic N) is 1. The molecule has 1 heterocycles. The Morgan fingerprint density at radius 2 is 1.88 bits per heavy atom. The Hall–Kier alpha value is -3.06. The van der Waals surface area contributed by atoms with E-state index in [-0.39, 0.29) is 17.7 Å². The van der Waals surface area contributed by atoms with Gasteiger partial charge in [0, 0.05) is 5.57 Å². The minimum Gasteiger partial charge on any atom is -0.508 e. The number of carbonyl (C=O) groups is 1. The monoisotopic (exact) mass is 330 g/mol. The number of hydrogen-bond donors (Lipinski definition) is 2. The second kappa shape index (κ2) is 5.78. The molecule has 4 rings (SSSR count). The zero-order chi connectivity index (χ0) is 17.4. The molecule has 1 amide bonds. The van der Waals surface area contributed by atoms with E-state index in [1.165, 1.54) is 0 Å². The van der Waals surface area contributed by atoms with E-state index in [2.05, 4.69) is 11.4 Å². The number of phenols is 1. The molecule has 1 fully saturated rings. The molecule has 0 spiro atoms. The fourth-order valence-electron chi connectivity index (χ4n) is 4.08. The van der Waals surface area contributed by atoms with Crippen molar-refractivity contribution in [2.45, 2.75) is 25.3 Å². The molecule has 2 atom stereocenters. The van der Waals surface area contributed by atoms with Gasteiger partial charge >= 0.3 is 0 Å². The molecule has 0 radical (unpaired) electrons. The Labute approximate surface area is 146 Å². The largest absolute Gasteiger partial charge is 0.508 e. The van der Waals surface area contributed by atoms with Crippen LogP contribution in [0, 0.1) is 16.7 Å². The van der Waals surface area contributed by atoms with E-state index >= 15 is 0 Å². The van der Waals surface area contributed by atoms with Gasteiger partial charge in [0.25, 0.3) is 5.91 Å². The average molecular weight is 330 g/mol. The SMILES string of the molecule is N#CC1(Cc2ccccc2)CCC2=C(c3ccc(O)cc3)C(=O)NC21. The highest BCUT2D eigenvalue weighted by molar-refractivity contribution is 6.23. The second-order valence-electron chi connectivity index (χ2n) is 6.78. The summed E-state index contributed by atoms with van der Waals surface area (Å²) in [5, 5.41) is 22.5. The highest BCUT2D eigenvalue weighted by Gasteiger charge is 2.51. The molecule has 1 aliphatic carbocycles. The Morgan fingerprint density at radius 1 is 1.16 bits per heavy atom. The van der Waals surface area contributed by atoms with Gasteiger partial charge in [-0.25, -0.2) is 0 Å². The summed E-state index contributed by atoms with van der Waals surface area (Å²) >= 11 is 0. The van der Waals surface area contributed by atoms with Crippen LogP contribution in [0.1, 0.15) is 24.0 Å². The van der Waals surface area contributed by atoms with Gasteiger partial charge in [0.05, 0.1) is 17.5 Å². The quantitative estimate of drug-likeness (QED) is 0.908. The number of amides is 1. The van der Waals surface area contributed by atoms with Gasteiger partial charge in [-0.15, -0.1) is 0 Å². The van der Waals surface area contributed by atoms with Gasteiger partial charge in [-0.2, -0.15) is 5.26 Å². The highest BCUT2D eigenvalue weighted by atomic mass is 16.3. The normalized spacial score (nSPS) is 24.8. The van der Waals surface area contributed by atoms with Crippen LogP contribution in [0.2, 0.25) is 0 Å². The number of aromatic hydroxyl groups is 1. The van der Waals surface area contributed by atoms with E-state index in [0.717, 1.165) is 29.5 Å². The third-order valence-corrected chi connectivity index (χ3v) is 5.31. The van der Waals surface area contributed by atoms with Crippen molar-refractivity contribution in [1.29, 1.82) is 5.26 Å². The van der Waals surface area contributed by atoms with Crippen LogP contribution < -0.4 is 5.32 Å². The van der Waals surface area contributed by atoms with E-state index in [0.29, 0.717) is 12.0 Å². The summed E-state index contributed by atoms with van der Waals surface area (Å²) < 4.78 is 0. The second-order valence-corrected chi connectivity index (χ2v) is 6.78. The topological polar surface area (TPSA) is 73.1 Å². The first kappa shape index (κ1) is 15.5. The van der Waals surface area contributed by atoms with Gasteiger partial charge in [-0.3, -0.25) is 4.79 Å². The van der Waals surface area contributed by atoms with Crippen molar-refractivity contribution in [2.24, 2.45) is 5.41 Å². The van der Waals surface area contributed by atoms with E-state index in [4.69, 9.17) is 0 Å². The summed E-state index contributed by atoms with van der Waals surface area (Å²) in [4.78, 5) is 12.6. The Kier molecular flexibility index (Phi) is 3.58. The van der Waals surface area contributed by atoms with Crippen LogP contribution in [-0.4, -0.2) is 17.1 Å². The predicted molar refractivity (Wildman–Crippen MR) is 94.4 cm³/mol. The van der Waals surface area contributed by atoms with Crippen LogP contribution >= 0.6 is 0 Å². The van der Waals surface area contributed by atoms with E-state index in [1.54, 1.807) is 24.3 Å². The van der Waals surface area contributed by atoms with Crippen molar-refractivity contribution in [1.82, 2.24) is 5.32 Å². The molecule has 2 aliphatic rings. The lowest BCUT2D eigenvalue weighted by Gasteiger charge is -2.27. The molecule has 124 valence electrons. The first-order valence-electron chi connectivity index (χ1n) is 8.41. The molecule has 0 aromatic heterocycles.